The van der Waals surface area contributed by atoms with Crippen molar-refractivity contribution in [2.24, 2.45) is 7.05 Å². The highest BCUT2D eigenvalue weighted by Crippen LogP contribution is 2.20. The molecule has 126 valence electrons. The van der Waals surface area contributed by atoms with E-state index in [1.807, 2.05) is 0 Å². The van der Waals surface area contributed by atoms with Gasteiger partial charge in [-0.15, -0.1) is 0 Å². The third-order valence-electron chi connectivity index (χ3n) is 3.50. The number of ether oxygens (including phenoxy) is 1. The second kappa shape index (κ2) is 6.79. The third-order valence-corrected chi connectivity index (χ3v) is 3.50. The first-order chi connectivity index (χ1) is 11.5. The molecule has 0 saturated carbocycles. The summed E-state index contributed by atoms with van der Waals surface area (Å²) >= 11 is 0. The Kier molecular flexibility index (Phi) is 4.57. The van der Waals surface area contributed by atoms with Crippen molar-refractivity contribution < 1.29 is 18.6 Å². The van der Waals surface area contributed by atoms with Gasteiger partial charge < -0.3 is 15.2 Å². The molecule has 8 heteroatoms. The van der Waals surface area contributed by atoms with Crippen LogP contribution in [0.4, 0.5) is 14.5 Å². The van der Waals surface area contributed by atoms with Crippen molar-refractivity contribution in [3.63, 3.8) is 0 Å². The van der Waals surface area contributed by atoms with Crippen LogP contribution in [0.25, 0.3) is 11.0 Å². The summed E-state index contributed by atoms with van der Waals surface area (Å²) in [5, 5.41) is 18.1. The summed E-state index contributed by atoms with van der Waals surface area (Å²) in [5.41, 5.74) is 1.52. The molecule has 1 atom stereocenters. The van der Waals surface area contributed by atoms with Crippen LogP contribution in [0.1, 0.15) is 0 Å². The molecule has 3 aromatic rings. The van der Waals surface area contributed by atoms with Crippen molar-refractivity contribution in [3.8, 4) is 5.75 Å². The highest BCUT2D eigenvalue weighted by molar-refractivity contribution is 5.88. The van der Waals surface area contributed by atoms with Crippen LogP contribution in [0.2, 0.25) is 0 Å². The Morgan fingerprint density at radius 2 is 2.12 bits per heavy atom. The van der Waals surface area contributed by atoms with Crippen LogP contribution in [0.15, 0.2) is 36.7 Å². The van der Waals surface area contributed by atoms with Gasteiger partial charge in [0.1, 0.15) is 18.5 Å². The van der Waals surface area contributed by atoms with E-state index in [9.17, 15) is 13.9 Å². The van der Waals surface area contributed by atoms with Crippen LogP contribution in [-0.4, -0.2) is 39.1 Å². The molecule has 0 aliphatic rings. The zero-order valence-corrected chi connectivity index (χ0v) is 12.9. The number of hydrogen-bond donors (Lipinski definition) is 2. The minimum atomic E-state index is -0.990. The number of benzene rings is 1. The Hall–Kier alpha value is -2.74. The molecule has 0 saturated heterocycles. The van der Waals surface area contributed by atoms with Crippen LogP contribution in [0.3, 0.4) is 0 Å². The van der Waals surface area contributed by atoms with Gasteiger partial charge in [0.25, 0.3) is 0 Å². The number of fused-ring (bicyclic) bond motifs is 1. The van der Waals surface area contributed by atoms with Gasteiger partial charge in [-0.05, 0) is 18.2 Å². The van der Waals surface area contributed by atoms with Gasteiger partial charge in [0.15, 0.2) is 17.3 Å². The number of pyridine rings is 1. The van der Waals surface area contributed by atoms with Gasteiger partial charge in [-0.2, -0.15) is 5.10 Å². The predicted octanol–water partition coefficient (Wildman–Crippen LogP) is 2.10. The van der Waals surface area contributed by atoms with E-state index in [-0.39, 0.29) is 18.9 Å². The lowest BCUT2D eigenvalue weighted by Crippen LogP contribution is -2.26. The Bertz CT molecular complexity index is 853. The minimum absolute atomic E-state index is 0.0562. The number of aryl methyl sites for hydroxylation is 1. The molecule has 1 aromatic carbocycles. The monoisotopic (exact) mass is 334 g/mol. The second-order valence-corrected chi connectivity index (χ2v) is 5.29. The summed E-state index contributed by atoms with van der Waals surface area (Å²) < 4.78 is 32.8. The lowest BCUT2D eigenvalue weighted by atomic mass is 10.2. The lowest BCUT2D eigenvalue weighted by Gasteiger charge is -2.14. The fraction of sp³-hybridized carbons (Fsp3) is 0.250. The average Bonchev–Trinajstić information content (AvgIpc) is 2.96. The first-order valence-corrected chi connectivity index (χ1v) is 7.31. The number of nitrogens with zero attached hydrogens (tertiary/aromatic N) is 3. The summed E-state index contributed by atoms with van der Waals surface area (Å²) in [6.45, 7) is 0.164. The maximum atomic E-state index is 13.1. The van der Waals surface area contributed by atoms with E-state index < -0.39 is 17.7 Å². The number of anilines is 1. The highest BCUT2D eigenvalue weighted by atomic mass is 19.2. The number of aliphatic hydroxyl groups excluding tert-OH is 1. The summed E-state index contributed by atoms with van der Waals surface area (Å²) in [7, 11) is 1.80. The number of nitrogens with one attached hydrogen (secondary N) is 1. The van der Waals surface area contributed by atoms with Gasteiger partial charge in [-0.1, -0.05) is 0 Å². The molecular formula is C16H16F2N4O2. The number of aromatic nitrogens is 3. The van der Waals surface area contributed by atoms with E-state index in [4.69, 9.17) is 4.74 Å². The van der Waals surface area contributed by atoms with Crippen molar-refractivity contribution >= 4 is 16.7 Å². The van der Waals surface area contributed by atoms with Crippen molar-refractivity contribution in [2.45, 2.75) is 6.10 Å². The Morgan fingerprint density at radius 1 is 1.29 bits per heavy atom. The largest absolute Gasteiger partial charge is 0.491 e. The van der Waals surface area contributed by atoms with Crippen molar-refractivity contribution in [1.29, 1.82) is 0 Å². The first kappa shape index (κ1) is 16.1. The molecule has 2 N–H and O–H groups in total. The van der Waals surface area contributed by atoms with Crippen molar-refractivity contribution in [3.05, 3.63) is 48.3 Å². The summed E-state index contributed by atoms with van der Waals surface area (Å²) in [4.78, 5) is 4.23. The van der Waals surface area contributed by atoms with Gasteiger partial charge in [0.2, 0.25) is 0 Å². The topological polar surface area (TPSA) is 72.2 Å². The van der Waals surface area contributed by atoms with Crippen LogP contribution in [0.5, 0.6) is 5.75 Å². The SMILES string of the molecule is Cn1ncc2c(NC[C@H](O)COc3ccc(F)c(F)c3)ccnc21. The molecule has 0 unspecified atom stereocenters. The molecular weight excluding hydrogens is 318 g/mol. The maximum absolute atomic E-state index is 13.1. The second-order valence-electron chi connectivity index (χ2n) is 5.29. The predicted molar refractivity (Wildman–Crippen MR) is 84.9 cm³/mol. The lowest BCUT2D eigenvalue weighted by molar-refractivity contribution is 0.117. The van der Waals surface area contributed by atoms with E-state index >= 15 is 0 Å². The summed E-state index contributed by atoms with van der Waals surface area (Å²) in [6.07, 6.45) is 2.50. The van der Waals surface area contributed by atoms with E-state index in [1.165, 1.54) is 6.07 Å². The molecule has 2 heterocycles. The minimum Gasteiger partial charge on any atom is -0.491 e. The molecule has 6 nitrogen and oxygen atoms in total. The molecule has 0 amide bonds. The Morgan fingerprint density at radius 3 is 2.92 bits per heavy atom. The van der Waals surface area contributed by atoms with Crippen molar-refractivity contribution in [2.75, 3.05) is 18.5 Å². The Labute approximate surface area is 136 Å². The van der Waals surface area contributed by atoms with Crippen LogP contribution in [-0.2, 0) is 7.05 Å². The molecule has 2 aromatic heterocycles. The standard InChI is InChI=1S/C16H16F2N4O2/c1-22-16-12(8-21-22)15(4-5-19-16)20-7-10(23)9-24-11-2-3-13(17)14(18)6-11/h2-6,8,10,23H,7,9H2,1H3,(H,19,20)/t10-/m0/s1. The van der Waals surface area contributed by atoms with Crippen LogP contribution < -0.4 is 10.1 Å². The maximum Gasteiger partial charge on any atom is 0.162 e. The smallest absolute Gasteiger partial charge is 0.162 e. The zero-order valence-electron chi connectivity index (χ0n) is 12.9. The fourth-order valence-corrected chi connectivity index (χ4v) is 2.25. The van der Waals surface area contributed by atoms with Gasteiger partial charge >= 0.3 is 0 Å². The first-order valence-electron chi connectivity index (χ1n) is 7.31. The molecule has 3 rings (SSSR count). The van der Waals surface area contributed by atoms with E-state index in [1.54, 1.807) is 30.2 Å². The quantitative estimate of drug-likeness (QED) is 0.722. The van der Waals surface area contributed by atoms with Crippen molar-refractivity contribution in [1.82, 2.24) is 14.8 Å². The van der Waals surface area contributed by atoms with E-state index in [2.05, 4.69) is 15.4 Å². The zero-order chi connectivity index (χ0) is 17.1. The van der Waals surface area contributed by atoms with E-state index in [0.717, 1.165) is 28.9 Å². The molecule has 0 fully saturated rings. The molecule has 0 aliphatic heterocycles. The summed E-state index contributed by atoms with van der Waals surface area (Å²) in [6, 6.07) is 5.01. The molecule has 0 bridgehead atoms. The molecule has 0 radical (unpaired) electrons. The fourth-order valence-electron chi connectivity index (χ4n) is 2.25. The molecule has 0 spiro atoms. The normalized spacial score (nSPS) is 12.3. The Balaban J connectivity index is 1.57. The van der Waals surface area contributed by atoms with Gasteiger partial charge in [0, 0.05) is 31.5 Å². The van der Waals surface area contributed by atoms with E-state index in [0.29, 0.717) is 0 Å². The third kappa shape index (κ3) is 3.43. The number of halogens is 2. The van der Waals surface area contributed by atoms with Gasteiger partial charge in [-0.3, -0.25) is 4.68 Å². The van der Waals surface area contributed by atoms with Gasteiger partial charge in [0.05, 0.1) is 11.6 Å². The van der Waals surface area contributed by atoms with Crippen LogP contribution in [0, 0.1) is 11.6 Å². The highest BCUT2D eigenvalue weighted by Gasteiger charge is 2.10. The summed E-state index contributed by atoms with van der Waals surface area (Å²) in [5.74, 6) is -1.77. The number of aliphatic hydroxyl groups is 1. The molecule has 0 aliphatic carbocycles. The number of hydrogen-bond acceptors (Lipinski definition) is 5. The van der Waals surface area contributed by atoms with Gasteiger partial charge in [-0.25, -0.2) is 13.8 Å². The average molecular weight is 334 g/mol. The number of rotatable bonds is 6. The molecule has 24 heavy (non-hydrogen) atoms. The van der Waals surface area contributed by atoms with Crippen LogP contribution >= 0.6 is 0 Å².